The average Bonchev–Trinajstić information content (AvgIpc) is 2.77. The van der Waals surface area contributed by atoms with Gasteiger partial charge in [-0.25, -0.2) is 9.59 Å². The quantitative estimate of drug-likeness (QED) is 0.211. The zero-order valence-corrected chi connectivity index (χ0v) is 16.4. The van der Waals surface area contributed by atoms with Gasteiger partial charge < -0.3 is 55.1 Å². The van der Waals surface area contributed by atoms with E-state index >= 15 is 0 Å². The Bertz CT molecular complexity index is 1120. The number of phenols is 6. The average molecular weight is 466 g/mol. The molecule has 0 unspecified atom stereocenters. The molecule has 0 amide bonds. The number of benzene rings is 2. The molecule has 2 aliphatic heterocycles. The van der Waals surface area contributed by atoms with Crippen molar-refractivity contribution in [1.82, 2.24) is 0 Å². The number of hydrogen-bond donors (Lipinski definition) is 8. The van der Waals surface area contributed by atoms with E-state index in [1.54, 1.807) is 0 Å². The predicted molar refractivity (Wildman–Crippen MR) is 102 cm³/mol. The van der Waals surface area contributed by atoms with Crippen LogP contribution in [0.25, 0.3) is 0 Å². The van der Waals surface area contributed by atoms with Gasteiger partial charge >= 0.3 is 11.9 Å². The Kier molecular flexibility index (Phi) is 5.32. The second-order valence-corrected chi connectivity index (χ2v) is 7.43. The number of rotatable bonds is 3. The number of ether oxygens (including phenoxy) is 3. The fourth-order valence-electron chi connectivity index (χ4n) is 3.79. The normalized spacial score (nSPS) is 26.1. The molecule has 1 saturated heterocycles. The molecule has 0 saturated carbocycles. The van der Waals surface area contributed by atoms with Crippen molar-refractivity contribution in [2.45, 2.75) is 30.5 Å². The summed E-state index contributed by atoms with van der Waals surface area (Å²) in [5.74, 6) is -7.56. The number of fused-ring (bicyclic) bond motifs is 3. The number of phenolic OH excluding ortho intramolecular Hbond substituents is 6. The summed E-state index contributed by atoms with van der Waals surface area (Å²) in [4.78, 5) is 25.1. The summed E-state index contributed by atoms with van der Waals surface area (Å²) in [5, 5.41) is 78.8. The lowest BCUT2D eigenvalue weighted by Crippen LogP contribution is -2.59. The van der Waals surface area contributed by atoms with Crippen molar-refractivity contribution in [2.24, 2.45) is 0 Å². The SMILES string of the molecule is O=C(O[C@H]1[C@H](O)[C@@H](CO)O[C@H]2c3c(cc(O)c(O)c3O)C(=O)O[C@H]12)c1cc(O)c(O)c(O)c1. The van der Waals surface area contributed by atoms with E-state index in [0.29, 0.717) is 0 Å². The van der Waals surface area contributed by atoms with Gasteiger partial charge in [0.15, 0.2) is 41.0 Å². The van der Waals surface area contributed by atoms with Gasteiger partial charge in [-0.05, 0) is 18.2 Å². The molecule has 2 heterocycles. The highest BCUT2D eigenvalue weighted by Gasteiger charge is 2.54. The number of aliphatic hydroxyl groups excluding tert-OH is 2. The number of esters is 2. The van der Waals surface area contributed by atoms with Crippen LogP contribution in [0.4, 0.5) is 0 Å². The van der Waals surface area contributed by atoms with Gasteiger partial charge in [0.1, 0.15) is 18.3 Å². The molecule has 2 aliphatic rings. The van der Waals surface area contributed by atoms with Gasteiger partial charge in [-0.1, -0.05) is 0 Å². The van der Waals surface area contributed by atoms with E-state index < -0.39 is 89.1 Å². The minimum atomic E-state index is -1.73. The summed E-state index contributed by atoms with van der Waals surface area (Å²) in [5.41, 5.74) is -1.13. The van der Waals surface area contributed by atoms with Crippen LogP contribution >= 0.6 is 0 Å². The number of hydrogen-bond acceptors (Lipinski definition) is 13. The molecule has 2 aromatic carbocycles. The molecule has 0 bridgehead atoms. The minimum absolute atomic E-state index is 0.321. The zero-order chi connectivity index (χ0) is 24.2. The first-order valence-corrected chi connectivity index (χ1v) is 9.44. The summed E-state index contributed by atoms with van der Waals surface area (Å²) >= 11 is 0. The van der Waals surface area contributed by atoms with Gasteiger partial charge in [0, 0.05) is 5.56 Å². The van der Waals surface area contributed by atoms with Gasteiger partial charge in [-0.2, -0.15) is 0 Å². The molecule has 33 heavy (non-hydrogen) atoms. The van der Waals surface area contributed by atoms with E-state index in [1.165, 1.54) is 0 Å². The fourth-order valence-corrected chi connectivity index (χ4v) is 3.79. The Labute approximate surface area is 183 Å². The molecule has 4 rings (SSSR count). The third-order valence-corrected chi connectivity index (χ3v) is 5.43. The molecule has 8 N–H and O–H groups in total. The number of carbonyl (C=O) groups excluding carboxylic acids is 2. The minimum Gasteiger partial charge on any atom is -0.504 e. The van der Waals surface area contributed by atoms with E-state index in [9.17, 15) is 50.4 Å². The Hall–Kier alpha value is -3.94. The lowest BCUT2D eigenvalue weighted by molar-refractivity contribution is -0.235. The van der Waals surface area contributed by atoms with E-state index in [2.05, 4.69) is 0 Å². The second-order valence-electron chi connectivity index (χ2n) is 7.43. The smallest absolute Gasteiger partial charge is 0.339 e. The molecular weight excluding hydrogens is 448 g/mol. The standard InChI is InChI=1S/C20H18O13/c21-4-10-14(27)17(32-19(29)5-1-7(22)12(25)8(23)2-5)18-16(31-10)11-6(20(30)33-18)3-9(24)13(26)15(11)28/h1-3,10,14,16-18,21-28H,4H2/t10-,14-,16+,17+,18+/m1/s1. The van der Waals surface area contributed by atoms with Crippen LogP contribution in [0.1, 0.15) is 32.4 Å². The molecule has 176 valence electrons. The largest absolute Gasteiger partial charge is 0.504 e. The Morgan fingerprint density at radius 3 is 2.15 bits per heavy atom. The highest BCUT2D eigenvalue weighted by molar-refractivity contribution is 5.95. The first-order valence-electron chi connectivity index (χ1n) is 9.44. The van der Waals surface area contributed by atoms with Crippen LogP contribution in [0.5, 0.6) is 34.5 Å². The third kappa shape index (κ3) is 3.47. The van der Waals surface area contributed by atoms with E-state index in [1.807, 2.05) is 0 Å². The summed E-state index contributed by atoms with van der Waals surface area (Å²) < 4.78 is 16.0. The van der Waals surface area contributed by atoms with Crippen LogP contribution in [0, 0.1) is 0 Å². The number of aliphatic hydroxyl groups is 2. The van der Waals surface area contributed by atoms with Crippen molar-refractivity contribution in [3.05, 3.63) is 34.9 Å². The van der Waals surface area contributed by atoms with Crippen LogP contribution in [-0.4, -0.2) is 83.8 Å². The van der Waals surface area contributed by atoms with Crippen molar-refractivity contribution in [2.75, 3.05) is 6.61 Å². The van der Waals surface area contributed by atoms with E-state index in [4.69, 9.17) is 14.2 Å². The maximum atomic E-state index is 12.6. The Morgan fingerprint density at radius 2 is 1.55 bits per heavy atom. The zero-order valence-electron chi connectivity index (χ0n) is 16.4. The summed E-state index contributed by atoms with van der Waals surface area (Å²) in [6, 6.07) is 2.38. The van der Waals surface area contributed by atoms with Gasteiger partial charge in [-0.15, -0.1) is 0 Å². The first kappa shape index (κ1) is 22.3. The highest BCUT2D eigenvalue weighted by atomic mass is 16.6. The van der Waals surface area contributed by atoms with Crippen LogP contribution < -0.4 is 0 Å². The molecule has 0 radical (unpaired) electrons. The number of aromatic hydroxyl groups is 6. The van der Waals surface area contributed by atoms with Crippen molar-refractivity contribution >= 4 is 11.9 Å². The van der Waals surface area contributed by atoms with Gasteiger partial charge in [-0.3, -0.25) is 0 Å². The molecule has 13 nitrogen and oxygen atoms in total. The van der Waals surface area contributed by atoms with Crippen molar-refractivity contribution in [3.63, 3.8) is 0 Å². The molecule has 13 heteroatoms. The van der Waals surface area contributed by atoms with Crippen LogP contribution in [-0.2, 0) is 14.2 Å². The summed E-state index contributed by atoms with van der Waals surface area (Å²) in [7, 11) is 0. The van der Waals surface area contributed by atoms with Crippen LogP contribution in [0.15, 0.2) is 18.2 Å². The molecule has 0 aliphatic carbocycles. The summed E-state index contributed by atoms with van der Waals surface area (Å²) in [6.07, 6.45) is -7.82. The van der Waals surface area contributed by atoms with Crippen LogP contribution in [0.2, 0.25) is 0 Å². The van der Waals surface area contributed by atoms with Crippen molar-refractivity contribution in [3.8, 4) is 34.5 Å². The van der Waals surface area contributed by atoms with E-state index in [-0.39, 0.29) is 11.1 Å². The predicted octanol–water partition coefficient (Wildman–Crippen LogP) is -0.522. The van der Waals surface area contributed by atoms with Gasteiger partial charge in [0.25, 0.3) is 0 Å². The van der Waals surface area contributed by atoms with Crippen molar-refractivity contribution < 1.29 is 64.7 Å². The fraction of sp³-hybridized carbons (Fsp3) is 0.300. The Morgan fingerprint density at radius 1 is 0.939 bits per heavy atom. The molecular formula is C20H18O13. The van der Waals surface area contributed by atoms with Crippen molar-refractivity contribution in [1.29, 1.82) is 0 Å². The lowest BCUT2D eigenvalue weighted by atomic mass is 9.86. The summed E-state index contributed by atoms with van der Waals surface area (Å²) in [6.45, 7) is -0.784. The number of carbonyl (C=O) groups is 2. The van der Waals surface area contributed by atoms with Gasteiger partial charge in [0.05, 0.1) is 17.7 Å². The molecule has 2 aromatic rings. The molecule has 1 fully saturated rings. The highest BCUT2D eigenvalue weighted by Crippen LogP contribution is 2.50. The Balaban J connectivity index is 1.74. The molecule has 5 atom stereocenters. The monoisotopic (exact) mass is 466 g/mol. The second kappa shape index (κ2) is 7.88. The first-order chi connectivity index (χ1) is 15.5. The van der Waals surface area contributed by atoms with Crippen LogP contribution in [0.3, 0.4) is 0 Å². The third-order valence-electron chi connectivity index (χ3n) is 5.43. The molecule has 0 spiro atoms. The maximum absolute atomic E-state index is 12.6. The maximum Gasteiger partial charge on any atom is 0.339 e. The van der Waals surface area contributed by atoms with E-state index in [0.717, 1.165) is 18.2 Å². The lowest BCUT2D eigenvalue weighted by Gasteiger charge is -2.45. The molecule has 0 aromatic heterocycles. The van der Waals surface area contributed by atoms with Gasteiger partial charge in [0.2, 0.25) is 5.75 Å². The topological polar surface area (TPSA) is 224 Å².